The Bertz CT molecular complexity index is 1150. The van der Waals surface area contributed by atoms with E-state index < -0.39 is 11.9 Å². The molecule has 132 valence electrons. The van der Waals surface area contributed by atoms with Crippen molar-refractivity contribution in [2.75, 3.05) is 0 Å². The monoisotopic (exact) mass is 378 g/mol. The van der Waals surface area contributed by atoms with Gasteiger partial charge in [-0.2, -0.15) is 18.3 Å². The van der Waals surface area contributed by atoms with Crippen molar-refractivity contribution in [3.05, 3.63) is 58.6 Å². The highest BCUT2D eigenvalue weighted by Gasteiger charge is 2.42. The van der Waals surface area contributed by atoms with Gasteiger partial charge in [0.1, 0.15) is 5.15 Å². The number of hydrogen-bond donors (Lipinski definition) is 0. The van der Waals surface area contributed by atoms with Gasteiger partial charge in [-0.25, -0.2) is 9.50 Å². The quantitative estimate of drug-likeness (QED) is 0.502. The first kappa shape index (κ1) is 15.6. The fourth-order valence-electron chi connectivity index (χ4n) is 3.48. The van der Waals surface area contributed by atoms with Gasteiger partial charge >= 0.3 is 6.18 Å². The first-order chi connectivity index (χ1) is 12.4. The maximum atomic E-state index is 13.1. The lowest BCUT2D eigenvalue weighted by Gasteiger charge is -2.05. The fraction of sp³-hybridized carbons (Fsp3) is 0.235. The normalized spacial score (nSPS) is 20.2. The van der Waals surface area contributed by atoms with Crippen LogP contribution in [0.5, 0.6) is 0 Å². The molecule has 5 rings (SSSR count). The highest BCUT2D eigenvalue weighted by molar-refractivity contribution is 6.29. The first-order valence-electron chi connectivity index (χ1n) is 7.88. The molecule has 1 aliphatic carbocycles. The van der Waals surface area contributed by atoms with Crippen molar-refractivity contribution < 1.29 is 17.7 Å². The molecule has 1 aromatic carbocycles. The van der Waals surface area contributed by atoms with E-state index in [2.05, 4.69) is 15.2 Å². The van der Waals surface area contributed by atoms with E-state index in [-0.39, 0.29) is 22.8 Å². The molecule has 26 heavy (non-hydrogen) atoms. The molecule has 4 aromatic rings. The third-order valence-corrected chi connectivity index (χ3v) is 4.92. The molecule has 0 bridgehead atoms. The number of aromatic nitrogens is 4. The van der Waals surface area contributed by atoms with E-state index in [1.54, 1.807) is 29.0 Å². The number of fused-ring (bicyclic) bond motifs is 2. The number of rotatable bonds is 2. The third-order valence-electron chi connectivity index (χ3n) is 4.74. The summed E-state index contributed by atoms with van der Waals surface area (Å²) in [7, 11) is 0. The Balaban J connectivity index is 1.55. The molecule has 9 heteroatoms. The summed E-state index contributed by atoms with van der Waals surface area (Å²) in [6.45, 7) is 0. The molecule has 0 unspecified atom stereocenters. The second-order valence-electron chi connectivity index (χ2n) is 6.35. The number of halogens is 4. The van der Waals surface area contributed by atoms with Crippen LogP contribution in [-0.2, 0) is 6.18 Å². The molecule has 5 nitrogen and oxygen atoms in total. The number of imidazole rings is 1. The average molecular weight is 379 g/mol. The van der Waals surface area contributed by atoms with Crippen LogP contribution in [0.1, 0.15) is 35.1 Å². The van der Waals surface area contributed by atoms with Crippen LogP contribution in [0.3, 0.4) is 0 Å². The number of alkyl halides is 3. The Morgan fingerprint density at radius 1 is 1.19 bits per heavy atom. The molecule has 3 heterocycles. The van der Waals surface area contributed by atoms with Crippen LogP contribution in [0.25, 0.3) is 16.6 Å². The molecule has 1 fully saturated rings. The minimum Gasteiger partial charge on any atom is -0.356 e. The van der Waals surface area contributed by atoms with Gasteiger partial charge < -0.3 is 4.52 Å². The number of hydrogen-bond acceptors (Lipinski definition) is 4. The molecule has 3 aromatic heterocycles. The highest BCUT2D eigenvalue weighted by atomic mass is 35.5. The Kier molecular flexibility index (Phi) is 3.13. The summed E-state index contributed by atoms with van der Waals surface area (Å²) < 4.78 is 45.6. The van der Waals surface area contributed by atoms with Crippen LogP contribution >= 0.6 is 11.6 Å². The van der Waals surface area contributed by atoms with Crippen LogP contribution in [0.15, 0.2) is 41.2 Å². The zero-order valence-electron chi connectivity index (χ0n) is 13.0. The average Bonchev–Trinajstić information content (AvgIpc) is 3.02. The van der Waals surface area contributed by atoms with E-state index in [0.717, 1.165) is 17.5 Å². The third kappa shape index (κ3) is 2.36. The lowest BCUT2D eigenvalue weighted by Crippen LogP contribution is -2.05. The molecular formula is C17H10ClF3N4O. The molecule has 0 radical (unpaired) electrons. The molecule has 2 atom stereocenters. The Hall–Kier alpha value is -2.61. The molecule has 0 spiro atoms. The van der Waals surface area contributed by atoms with Crippen molar-refractivity contribution in [3.8, 4) is 0 Å². The van der Waals surface area contributed by atoms with Gasteiger partial charge in [0.05, 0.1) is 5.39 Å². The van der Waals surface area contributed by atoms with E-state index in [1.165, 1.54) is 12.1 Å². The topological polar surface area (TPSA) is 56.2 Å². The van der Waals surface area contributed by atoms with Crippen molar-refractivity contribution >= 4 is 28.2 Å². The van der Waals surface area contributed by atoms with Crippen molar-refractivity contribution in [1.29, 1.82) is 0 Å². The van der Waals surface area contributed by atoms with Crippen LogP contribution < -0.4 is 0 Å². The summed E-state index contributed by atoms with van der Waals surface area (Å²) in [4.78, 5) is 4.31. The van der Waals surface area contributed by atoms with E-state index in [0.29, 0.717) is 10.8 Å². The van der Waals surface area contributed by atoms with Crippen LogP contribution in [0, 0.1) is 0 Å². The Labute approximate surface area is 149 Å². The zero-order valence-corrected chi connectivity index (χ0v) is 13.8. The lowest BCUT2D eigenvalue weighted by atomic mass is 10.0. The smallest absolute Gasteiger partial charge is 0.356 e. The molecule has 0 amide bonds. The fourth-order valence-corrected chi connectivity index (χ4v) is 3.68. The van der Waals surface area contributed by atoms with Gasteiger partial charge in [-0.1, -0.05) is 22.8 Å². The Morgan fingerprint density at radius 3 is 2.85 bits per heavy atom. The maximum absolute atomic E-state index is 13.1. The van der Waals surface area contributed by atoms with E-state index in [1.807, 2.05) is 0 Å². The van der Waals surface area contributed by atoms with E-state index >= 15 is 0 Å². The van der Waals surface area contributed by atoms with Crippen LogP contribution in [0.4, 0.5) is 13.2 Å². The summed E-state index contributed by atoms with van der Waals surface area (Å²) in [5, 5.41) is 7.66. The largest absolute Gasteiger partial charge is 0.437 e. The molecule has 0 saturated heterocycles. The van der Waals surface area contributed by atoms with Crippen molar-refractivity contribution in [2.24, 2.45) is 0 Å². The minimum atomic E-state index is -4.55. The molecular weight excluding hydrogens is 369 g/mol. The van der Waals surface area contributed by atoms with Gasteiger partial charge in [-0.15, -0.1) is 0 Å². The van der Waals surface area contributed by atoms with Gasteiger partial charge in [-0.3, -0.25) is 0 Å². The van der Waals surface area contributed by atoms with Crippen molar-refractivity contribution in [2.45, 2.75) is 24.4 Å². The molecule has 0 N–H and O–H groups in total. The zero-order chi connectivity index (χ0) is 18.1. The molecule has 1 saturated carbocycles. The number of nitrogens with zero attached hydrogens (tertiary/aromatic N) is 4. The second-order valence-corrected chi connectivity index (χ2v) is 6.74. The van der Waals surface area contributed by atoms with Gasteiger partial charge in [0.25, 0.3) is 0 Å². The van der Waals surface area contributed by atoms with Crippen molar-refractivity contribution in [1.82, 2.24) is 19.8 Å². The van der Waals surface area contributed by atoms with Crippen LogP contribution in [0.2, 0.25) is 5.15 Å². The van der Waals surface area contributed by atoms with Crippen LogP contribution in [-0.4, -0.2) is 19.8 Å². The summed E-state index contributed by atoms with van der Waals surface area (Å²) >= 11 is 6.08. The predicted octanol–water partition coefficient (Wildman–Crippen LogP) is 4.81. The molecule has 0 aliphatic heterocycles. The number of benzene rings is 1. The SMILES string of the molecule is FC(F)(F)c1noc2ccc([C@H]3C[C@@H]3c3cc(Cl)nn4ccnc34)cc12. The van der Waals surface area contributed by atoms with Gasteiger partial charge in [0, 0.05) is 18.0 Å². The predicted molar refractivity (Wildman–Crippen MR) is 87.1 cm³/mol. The first-order valence-corrected chi connectivity index (χ1v) is 8.26. The standard InChI is InChI=1S/C17H10ClF3N4O/c18-14-7-11(16-22-3-4-25(16)23-14)10-6-9(10)8-1-2-13-12(5-8)15(24-26-13)17(19,20)21/h1-5,7,9-10H,6H2/t9-,10+/m1/s1. The van der Waals surface area contributed by atoms with E-state index in [4.69, 9.17) is 16.1 Å². The summed E-state index contributed by atoms with van der Waals surface area (Å²) in [6.07, 6.45) is -0.395. The maximum Gasteiger partial charge on any atom is 0.437 e. The minimum absolute atomic E-state index is 0.0145. The van der Waals surface area contributed by atoms with Gasteiger partial charge in [0.2, 0.25) is 0 Å². The summed E-state index contributed by atoms with van der Waals surface area (Å²) in [5.41, 5.74) is 1.61. The summed E-state index contributed by atoms with van der Waals surface area (Å²) in [6, 6.07) is 6.61. The van der Waals surface area contributed by atoms with Crippen molar-refractivity contribution in [3.63, 3.8) is 0 Å². The lowest BCUT2D eigenvalue weighted by molar-refractivity contribution is -0.141. The van der Waals surface area contributed by atoms with Gasteiger partial charge in [-0.05, 0) is 42.0 Å². The van der Waals surface area contributed by atoms with Gasteiger partial charge in [0.15, 0.2) is 16.9 Å². The summed E-state index contributed by atoms with van der Waals surface area (Å²) in [5.74, 6) is 0.224. The Morgan fingerprint density at radius 2 is 2.04 bits per heavy atom. The van der Waals surface area contributed by atoms with E-state index in [9.17, 15) is 13.2 Å². The molecule has 1 aliphatic rings. The highest BCUT2D eigenvalue weighted by Crippen LogP contribution is 2.56. The second kappa shape index (κ2) is 5.20.